The van der Waals surface area contributed by atoms with Gasteiger partial charge in [0.25, 0.3) is 0 Å². The molecule has 14 heavy (non-hydrogen) atoms. The molecule has 4 unspecified atom stereocenters. The fourth-order valence-corrected chi connectivity index (χ4v) is 1.71. The molecule has 0 aromatic carbocycles. The summed E-state index contributed by atoms with van der Waals surface area (Å²) >= 11 is 0. The van der Waals surface area contributed by atoms with Crippen LogP contribution in [0.15, 0.2) is 0 Å². The third-order valence-corrected chi connectivity index (χ3v) is 3.13. The Morgan fingerprint density at radius 2 is 2.14 bits per heavy atom. The molecular formula is C11H23NO2. The van der Waals surface area contributed by atoms with Gasteiger partial charge in [-0.05, 0) is 32.6 Å². The van der Waals surface area contributed by atoms with Crippen LogP contribution in [0.25, 0.3) is 0 Å². The summed E-state index contributed by atoms with van der Waals surface area (Å²) in [6.07, 6.45) is 3.13. The molecule has 4 atom stereocenters. The third kappa shape index (κ3) is 3.56. The highest BCUT2D eigenvalue weighted by Gasteiger charge is 2.22. The van der Waals surface area contributed by atoms with Gasteiger partial charge in [0.1, 0.15) is 0 Å². The number of ether oxygens (including phenoxy) is 1. The van der Waals surface area contributed by atoms with Crippen molar-refractivity contribution in [3.63, 3.8) is 0 Å². The van der Waals surface area contributed by atoms with Crippen LogP contribution >= 0.6 is 0 Å². The van der Waals surface area contributed by atoms with E-state index < -0.39 is 0 Å². The first-order valence-corrected chi connectivity index (χ1v) is 5.63. The molecule has 2 N–H and O–H groups in total. The molecule has 1 aliphatic rings. The molecule has 0 radical (unpaired) electrons. The van der Waals surface area contributed by atoms with Crippen LogP contribution in [0, 0.1) is 5.92 Å². The summed E-state index contributed by atoms with van der Waals surface area (Å²) in [6, 6.07) is 0.361. The van der Waals surface area contributed by atoms with E-state index in [9.17, 15) is 0 Å². The Balaban J connectivity index is 2.14. The average molecular weight is 201 g/mol. The number of hydrogen-bond donors (Lipinski definition) is 2. The van der Waals surface area contributed by atoms with Crippen LogP contribution in [0.1, 0.15) is 33.6 Å². The second kappa shape index (κ2) is 5.69. The third-order valence-electron chi connectivity index (χ3n) is 3.13. The molecule has 3 heteroatoms. The molecule has 0 aromatic heterocycles. The fraction of sp³-hybridized carbons (Fsp3) is 1.00. The normalized spacial score (nSPS) is 31.7. The van der Waals surface area contributed by atoms with E-state index >= 15 is 0 Å². The minimum atomic E-state index is 0.246. The molecule has 84 valence electrons. The summed E-state index contributed by atoms with van der Waals surface area (Å²) in [5.41, 5.74) is 0. The number of aliphatic hydroxyl groups is 1. The molecule has 0 saturated carbocycles. The van der Waals surface area contributed by atoms with Crippen LogP contribution in [0.5, 0.6) is 0 Å². The van der Waals surface area contributed by atoms with E-state index in [0.717, 1.165) is 13.0 Å². The molecular weight excluding hydrogens is 178 g/mol. The van der Waals surface area contributed by atoms with Gasteiger partial charge in [-0.15, -0.1) is 0 Å². The summed E-state index contributed by atoms with van der Waals surface area (Å²) in [6.45, 7) is 7.45. The summed E-state index contributed by atoms with van der Waals surface area (Å²) in [4.78, 5) is 0. The zero-order valence-electron chi connectivity index (χ0n) is 9.49. The number of hydrogen-bond acceptors (Lipinski definition) is 3. The number of rotatable bonds is 5. The van der Waals surface area contributed by atoms with Crippen molar-refractivity contribution in [2.75, 3.05) is 13.2 Å². The minimum Gasteiger partial charge on any atom is -0.396 e. The fourth-order valence-electron chi connectivity index (χ4n) is 1.71. The van der Waals surface area contributed by atoms with Crippen LogP contribution in [-0.4, -0.2) is 36.5 Å². The lowest BCUT2D eigenvalue weighted by molar-refractivity contribution is 0.0526. The smallest absolute Gasteiger partial charge is 0.0704 e. The first-order chi connectivity index (χ1) is 6.63. The number of aliphatic hydroxyl groups excluding tert-OH is 1. The van der Waals surface area contributed by atoms with Gasteiger partial charge >= 0.3 is 0 Å². The highest BCUT2D eigenvalue weighted by atomic mass is 16.5. The molecule has 1 fully saturated rings. The van der Waals surface area contributed by atoms with Crippen molar-refractivity contribution in [2.24, 2.45) is 5.92 Å². The van der Waals surface area contributed by atoms with Gasteiger partial charge < -0.3 is 15.2 Å². The maximum Gasteiger partial charge on any atom is 0.0704 e. The van der Waals surface area contributed by atoms with Gasteiger partial charge in [-0.3, -0.25) is 0 Å². The van der Waals surface area contributed by atoms with Gasteiger partial charge in [-0.2, -0.15) is 0 Å². The summed E-state index contributed by atoms with van der Waals surface area (Å²) in [7, 11) is 0. The first kappa shape index (κ1) is 12.0. The zero-order chi connectivity index (χ0) is 10.6. The molecule has 1 aliphatic heterocycles. The minimum absolute atomic E-state index is 0.246. The molecule has 1 heterocycles. The van der Waals surface area contributed by atoms with Crippen LogP contribution in [-0.2, 0) is 4.74 Å². The second-order valence-corrected chi connectivity index (χ2v) is 4.50. The van der Waals surface area contributed by atoms with Gasteiger partial charge in [0.05, 0.1) is 12.2 Å². The maximum atomic E-state index is 8.97. The van der Waals surface area contributed by atoms with Crippen LogP contribution < -0.4 is 5.32 Å². The quantitative estimate of drug-likeness (QED) is 0.701. The first-order valence-electron chi connectivity index (χ1n) is 5.63. The molecule has 0 amide bonds. The van der Waals surface area contributed by atoms with E-state index in [4.69, 9.17) is 9.84 Å². The van der Waals surface area contributed by atoms with Crippen molar-refractivity contribution < 1.29 is 9.84 Å². The van der Waals surface area contributed by atoms with Gasteiger partial charge in [0.2, 0.25) is 0 Å². The van der Waals surface area contributed by atoms with Gasteiger partial charge in [-0.25, -0.2) is 0 Å². The van der Waals surface area contributed by atoms with Crippen molar-refractivity contribution in [3.8, 4) is 0 Å². The molecule has 0 spiro atoms. The van der Waals surface area contributed by atoms with Crippen LogP contribution in [0.2, 0.25) is 0 Å². The van der Waals surface area contributed by atoms with Gasteiger partial charge in [0.15, 0.2) is 0 Å². The van der Waals surface area contributed by atoms with Crippen LogP contribution in [0.3, 0.4) is 0 Å². The van der Waals surface area contributed by atoms with E-state index in [1.807, 2.05) is 0 Å². The lowest BCUT2D eigenvalue weighted by Gasteiger charge is -2.21. The van der Waals surface area contributed by atoms with Crippen molar-refractivity contribution in [1.82, 2.24) is 5.32 Å². The number of nitrogens with one attached hydrogen (secondary N) is 1. The van der Waals surface area contributed by atoms with Crippen molar-refractivity contribution in [3.05, 3.63) is 0 Å². The van der Waals surface area contributed by atoms with Crippen LogP contribution in [0.4, 0.5) is 0 Å². The molecule has 1 saturated heterocycles. The predicted octanol–water partition coefficient (Wildman–Crippen LogP) is 1.16. The van der Waals surface area contributed by atoms with E-state index in [-0.39, 0.29) is 6.61 Å². The summed E-state index contributed by atoms with van der Waals surface area (Å²) < 4.78 is 5.70. The maximum absolute atomic E-state index is 8.97. The zero-order valence-corrected chi connectivity index (χ0v) is 9.49. The predicted molar refractivity (Wildman–Crippen MR) is 57.3 cm³/mol. The van der Waals surface area contributed by atoms with Crippen molar-refractivity contribution in [2.45, 2.75) is 51.9 Å². The average Bonchev–Trinajstić information content (AvgIpc) is 2.59. The molecule has 0 aliphatic carbocycles. The Morgan fingerprint density at radius 3 is 2.64 bits per heavy atom. The van der Waals surface area contributed by atoms with Crippen molar-refractivity contribution in [1.29, 1.82) is 0 Å². The SMILES string of the molecule is CC1CCC(CNC(C)C(C)CO)O1. The summed E-state index contributed by atoms with van der Waals surface area (Å²) in [5.74, 6) is 0.314. The Hall–Kier alpha value is -0.120. The highest BCUT2D eigenvalue weighted by molar-refractivity contribution is 4.75. The van der Waals surface area contributed by atoms with Gasteiger partial charge in [0, 0.05) is 19.2 Å². The summed E-state index contributed by atoms with van der Waals surface area (Å²) in [5, 5.41) is 12.4. The van der Waals surface area contributed by atoms with Crippen molar-refractivity contribution >= 4 is 0 Å². The Kier molecular flexibility index (Phi) is 4.85. The van der Waals surface area contributed by atoms with E-state index in [2.05, 4.69) is 26.1 Å². The van der Waals surface area contributed by atoms with E-state index in [1.165, 1.54) is 6.42 Å². The molecule has 0 bridgehead atoms. The topological polar surface area (TPSA) is 41.5 Å². The monoisotopic (exact) mass is 201 g/mol. The van der Waals surface area contributed by atoms with Gasteiger partial charge in [-0.1, -0.05) is 6.92 Å². The Bertz CT molecular complexity index is 161. The molecule has 0 aromatic rings. The molecule has 3 nitrogen and oxygen atoms in total. The Labute approximate surface area is 86.8 Å². The Morgan fingerprint density at radius 1 is 1.43 bits per heavy atom. The second-order valence-electron chi connectivity index (χ2n) is 4.50. The lowest BCUT2D eigenvalue weighted by Crippen LogP contribution is -2.38. The lowest BCUT2D eigenvalue weighted by atomic mass is 10.0. The highest BCUT2D eigenvalue weighted by Crippen LogP contribution is 2.18. The largest absolute Gasteiger partial charge is 0.396 e. The molecule has 1 rings (SSSR count). The van der Waals surface area contributed by atoms with E-state index in [1.54, 1.807) is 0 Å². The standard InChI is InChI=1S/C11H23NO2/c1-8(7-13)10(3)12-6-11-5-4-9(2)14-11/h8-13H,4-7H2,1-3H3. The van der Waals surface area contributed by atoms with E-state index in [0.29, 0.717) is 24.2 Å².